The second-order valence-corrected chi connectivity index (χ2v) is 10.3. The second kappa shape index (κ2) is 10.7. The van der Waals surface area contributed by atoms with Crippen LogP contribution in [0.25, 0.3) is 39.8 Å². The zero-order chi connectivity index (χ0) is 28.6. The number of sulfonamides is 1. The summed E-state index contributed by atoms with van der Waals surface area (Å²) >= 11 is 6.58. The van der Waals surface area contributed by atoms with Crippen LogP contribution >= 0.6 is 11.6 Å². The van der Waals surface area contributed by atoms with Crippen LogP contribution in [0.4, 0.5) is 0 Å². The van der Waals surface area contributed by atoms with E-state index in [0.717, 1.165) is 0 Å². The minimum absolute atomic E-state index is 0.0481. The van der Waals surface area contributed by atoms with Crippen molar-refractivity contribution in [1.82, 2.24) is 29.5 Å². The van der Waals surface area contributed by atoms with Gasteiger partial charge < -0.3 is 14.2 Å². The lowest BCUT2D eigenvalue weighted by molar-refractivity contribution is 0.327. The maximum absolute atomic E-state index is 12.4. The Hall–Kier alpha value is -4.33. The summed E-state index contributed by atoms with van der Waals surface area (Å²) in [7, 11) is -1.18. The van der Waals surface area contributed by atoms with Crippen LogP contribution in [-0.4, -0.2) is 58.7 Å². The molecule has 206 valence electrons. The Labute approximate surface area is 234 Å². The van der Waals surface area contributed by atoms with E-state index in [1.165, 1.54) is 20.4 Å². The SMILES string of the molecule is CCOc1cccc(-c2nc3nc(Cl)c(-c4cc(C)cnc4S(N)(=O)=O)nc3n2-c2c(OC)cccc2OC)n1. The molecule has 2 N–H and O–H groups in total. The first-order valence-electron chi connectivity index (χ1n) is 11.9. The first-order chi connectivity index (χ1) is 19.2. The van der Waals surface area contributed by atoms with Gasteiger partial charge in [-0.25, -0.2) is 38.5 Å². The third-order valence-corrected chi connectivity index (χ3v) is 6.96. The number of rotatable bonds is 8. The van der Waals surface area contributed by atoms with Gasteiger partial charge in [0.25, 0.3) is 10.0 Å². The summed E-state index contributed by atoms with van der Waals surface area (Å²) in [4.78, 5) is 22.6. The first-order valence-corrected chi connectivity index (χ1v) is 13.9. The number of para-hydroxylation sites is 1. The van der Waals surface area contributed by atoms with Gasteiger partial charge in [-0.05, 0) is 43.7 Å². The highest BCUT2D eigenvalue weighted by Crippen LogP contribution is 2.39. The van der Waals surface area contributed by atoms with Crippen LogP contribution in [0.3, 0.4) is 0 Å². The highest BCUT2D eigenvalue weighted by Gasteiger charge is 2.27. The Balaban J connectivity index is 1.91. The molecule has 0 atom stereocenters. The number of hydrogen-bond acceptors (Lipinski definition) is 10. The van der Waals surface area contributed by atoms with Crippen molar-refractivity contribution in [3.63, 3.8) is 0 Å². The van der Waals surface area contributed by atoms with E-state index in [4.69, 9.17) is 40.9 Å². The Morgan fingerprint density at radius 3 is 2.35 bits per heavy atom. The molecule has 0 aliphatic heterocycles. The van der Waals surface area contributed by atoms with Crippen LogP contribution in [0.1, 0.15) is 12.5 Å². The van der Waals surface area contributed by atoms with Gasteiger partial charge in [-0.3, -0.25) is 4.57 Å². The zero-order valence-corrected chi connectivity index (χ0v) is 23.5. The number of benzene rings is 1. The van der Waals surface area contributed by atoms with E-state index in [0.29, 0.717) is 46.8 Å². The number of fused-ring (bicyclic) bond motifs is 1. The molecule has 0 fully saturated rings. The lowest BCUT2D eigenvalue weighted by Gasteiger charge is -2.16. The predicted molar refractivity (Wildman–Crippen MR) is 149 cm³/mol. The van der Waals surface area contributed by atoms with Gasteiger partial charge >= 0.3 is 0 Å². The second-order valence-electron chi connectivity index (χ2n) is 8.50. The summed E-state index contributed by atoms with van der Waals surface area (Å²) in [5.74, 6) is 1.62. The first kappa shape index (κ1) is 27.2. The molecule has 0 unspecified atom stereocenters. The number of hydrogen-bond donors (Lipinski definition) is 1. The molecular weight excluding hydrogens is 558 g/mol. The van der Waals surface area contributed by atoms with E-state index in [1.54, 1.807) is 54.0 Å². The fourth-order valence-electron chi connectivity index (χ4n) is 4.20. The number of halogens is 1. The van der Waals surface area contributed by atoms with Crippen LogP contribution in [0, 0.1) is 6.92 Å². The monoisotopic (exact) mass is 581 g/mol. The van der Waals surface area contributed by atoms with E-state index in [9.17, 15) is 8.42 Å². The zero-order valence-electron chi connectivity index (χ0n) is 21.9. The number of nitrogens with two attached hydrogens (primary N) is 1. The number of aromatic nitrogens is 6. The van der Waals surface area contributed by atoms with Gasteiger partial charge in [0, 0.05) is 17.8 Å². The normalized spacial score (nSPS) is 11.6. The van der Waals surface area contributed by atoms with Gasteiger partial charge in [0.15, 0.2) is 27.3 Å². The van der Waals surface area contributed by atoms with Gasteiger partial charge in [0.05, 0.1) is 20.8 Å². The number of ether oxygens (including phenoxy) is 3. The van der Waals surface area contributed by atoms with E-state index in [-0.39, 0.29) is 32.7 Å². The van der Waals surface area contributed by atoms with E-state index in [2.05, 4.69) is 15.0 Å². The average Bonchev–Trinajstić information content (AvgIpc) is 3.29. The Bertz CT molecular complexity index is 1840. The van der Waals surface area contributed by atoms with Gasteiger partial charge in [-0.15, -0.1) is 0 Å². The Kier molecular flexibility index (Phi) is 7.27. The number of primary sulfonamides is 1. The summed E-state index contributed by atoms with van der Waals surface area (Å²) in [6.07, 6.45) is 1.39. The van der Waals surface area contributed by atoms with E-state index in [1.807, 2.05) is 6.92 Å². The van der Waals surface area contributed by atoms with Crippen molar-refractivity contribution in [2.45, 2.75) is 18.9 Å². The Morgan fingerprint density at radius 2 is 1.70 bits per heavy atom. The fourth-order valence-corrected chi connectivity index (χ4v) is 5.09. The van der Waals surface area contributed by atoms with Gasteiger partial charge in [-0.2, -0.15) is 0 Å². The lowest BCUT2D eigenvalue weighted by Crippen LogP contribution is -2.16. The highest BCUT2D eigenvalue weighted by molar-refractivity contribution is 7.89. The van der Waals surface area contributed by atoms with Crippen LogP contribution in [0.2, 0.25) is 5.15 Å². The van der Waals surface area contributed by atoms with E-state index < -0.39 is 10.0 Å². The van der Waals surface area contributed by atoms with Crippen LogP contribution in [0.5, 0.6) is 17.4 Å². The number of methoxy groups -OCH3 is 2. The predicted octanol–water partition coefficient (Wildman–Crippen LogP) is 3.96. The van der Waals surface area contributed by atoms with Crippen molar-refractivity contribution in [1.29, 1.82) is 0 Å². The molecule has 0 aliphatic rings. The van der Waals surface area contributed by atoms with Crippen molar-refractivity contribution in [3.05, 3.63) is 59.4 Å². The van der Waals surface area contributed by atoms with Crippen LogP contribution < -0.4 is 19.3 Å². The quantitative estimate of drug-likeness (QED) is 0.284. The van der Waals surface area contributed by atoms with Crippen molar-refractivity contribution < 1.29 is 22.6 Å². The number of aryl methyl sites for hydroxylation is 1. The minimum atomic E-state index is -4.22. The summed E-state index contributed by atoms with van der Waals surface area (Å²) in [6.45, 7) is 4.03. The molecule has 0 bridgehead atoms. The molecule has 5 aromatic rings. The van der Waals surface area contributed by atoms with Crippen LogP contribution in [-0.2, 0) is 10.0 Å². The van der Waals surface area contributed by atoms with Crippen molar-refractivity contribution in [3.8, 4) is 45.8 Å². The number of imidazole rings is 1. The maximum atomic E-state index is 12.4. The Morgan fingerprint density at radius 1 is 1.00 bits per heavy atom. The molecule has 1 aromatic carbocycles. The third-order valence-electron chi connectivity index (χ3n) is 5.84. The summed E-state index contributed by atoms with van der Waals surface area (Å²) in [5, 5.41) is 4.99. The number of pyridine rings is 2. The average molecular weight is 582 g/mol. The minimum Gasteiger partial charge on any atom is -0.494 e. The largest absolute Gasteiger partial charge is 0.494 e. The highest BCUT2D eigenvalue weighted by atomic mass is 35.5. The fraction of sp³-hybridized carbons (Fsp3) is 0.192. The molecular formula is C26H24ClN7O5S. The molecule has 40 heavy (non-hydrogen) atoms. The summed E-state index contributed by atoms with van der Waals surface area (Å²) in [6, 6.07) is 12.1. The molecule has 0 saturated heterocycles. The van der Waals surface area contributed by atoms with Gasteiger partial charge in [-0.1, -0.05) is 23.7 Å². The maximum Gasteiger partial charge on any atom is 0.256 e. The third kappa shape index (κ3) is 4.90. The number of nitrogens with zero attached hydrogens (tertiary/aromatic N) is 6. The van der Waals surface area contributed by atoms with Gasteiger partial charge in [0.1, 0.15) is 28.6 Å². The summed E-state index contributed by atoms with van der Waals surface area (Å²) in [5.41, 5.74) is 2.11. The topological polar surface area (TPSA) is 157 Å². The molecule has 0 amide bonds. The van der Waals surface area contributed by atoms with Crippen molar-refractivity contribution in [2.24, 2.45) is 5.14 Å². The molecule has 5 rings (SSSR count). The molecule has 4 heterocycles. The summed E-state index contributed by atoms with van der Waals surface area (Å²) < 4.78 is 43.4. The molecule has 0 aliphatic carbocycles. The standard InChI is InChI=1S/C26H24ClN7O5S/c1-5-39-19-11-6-8-16(30-19)24-33-23-25(34(24)21-17(37-3)9-7-10-18(21)38-4)31-20(22(27)32-23)15-12-14(2)13-29-26(15)40(28,35)36/h6-13H,5H2,1-4H3,(H2,28,35,36). The molecule has 12 nitrogen and oxygen atoms in total. The molecule has 14 heteroatoms. The van der Waals surface area contributed by atoms with Crippen molar-refractivity contribution >= 4 is 32.9 Å². The van der Waals surface area contributed by atoms with E-state index >= 15 is 0 Å². The molecule has 4 aromatic heterocycles. The van der Waals surface area contributed by atoms with Crippen molar-refractivity contribution in [2.75, 3.05) is 20.8 Å². The molecule has 0 radical (unpaired) electrons. The van der Waals surface area contributed by atoms with Crippen LogP contribution in [0.15, 0.2) is 53.7 Å². The lowest BCUT2D eigenvalue weighted by atomic mass is 10.1. The van der Waals surface area contributed by atoms with Gasteiger partial charge in [0.2, 0.25) is 5.88 Å². The smallest absolute Gasteiger partial charge is 0.256 e. The molecule has 0 saturated carbocycles. The molecule has 0 spiro atoms.